The molecule has 0 heterocycles. The Hall–Kier alpha value is -1.53. The minimum Gasteiger partial charge on any atom is -0.491 e. The Kier molecular flexibility index (Phi) is 6.24. The molecule has 0 saturated heterocycles. The van der Waals surface area contributed by atoms with E-state index in [9.17, 15) is 0 Å². The van der Waals surface area contributed by atoms with E-state index in [1.54, 1.807) is 12.1 Å². The minimum absolute atomic E-state index is 0.263. The topological polar surface area (TPSA) is 42.2 Å². The van der Waals surface area contributed by atoms with Crippen LogP contribution in [-0.2, 0) is 4.74 Å². The van der Waals surface area contributed by atoms with E-state index in [0.29, 0.717) is 30.4 Å². The third-order valence-electron chi connectivity index (χ3n) is 2.52. The van der Waals surface area contributed by atoms with Gasteiger partial charge >= 0.3 is 0 Å². The zero-order valence-corrected chi connectivity index (χ0v) is 11.3. The van der Waals surface area contributed by atoms with Crippen LogP contribution in [0.2, 0.25) is 0 Å². The molecule has 0 aliphatic rings. The standard InChI is InChI=1S/C15H21NO2/c1-12(2)9-13(3)17-7-8-18-15-6-4-5-14(10-15)11-16/h4-6,10,12-13H,7-9H2,1-3H3. The number of rotatable bonds is 7. The summed E-state index contributed by atoms with van der Waals surface area (Å²) in [5.74, 6) is 1.36. The zero-order chi connectivity index (χ0) is 13.4. The monoisotopic (exact) mass is 247 g/mol. The van der Waals surface area contributed by atoms with Crippen LogP contribution in [0.15, 0.2) is 24.3 Å². The summed E-state index contributed by atoms with van der Waals surface area (Å²) >= 11 is 0. The molecule has 18 heavy (non-hydrogen) atoms. The lowest BCUT2D eigenvalue weighted by Crippen LogP contribution is -2.16. The highest BCUT2D eigenvalue weighted by Crippen LogP contribution is 2.12. The Morgan fingerprint density at radius 2 is 2.00 bits per heavy atom. The fraction of sp³-hybridized carbons (Fsp3) is 0.533. The summed E-state index contributed by atoms with van der Waals surface area (Å²) in [6, 6.07) is 9.24. The van der Waals surface area contributed by atoms with Crippen LogP contribution >= 0.6 is 0 Å². The number of ether oxygens (including phenoxy) is 2. The molecule has 1 atom stereocenters. The fourth-order valence-electron chi connectivity index (χ4n) is 1.80. The lowest BCUT2D eigenvalue weighted by molar-refractivity contribution is 0.0331. The van der Waals surface area contributed by atoms with Crippen molar-refractivity contribution in [2.24, 2.45) is 5.92 Å². The summed E-state index contributed by atoms with van der Waals surface area (Å²) in [5, 5.41) is 8.76. The number of nitriles is 1. The third-order valence-corrected chi connectivity index (χ3v) is 2.52. The maximum atomic E-state index is 8.76. The molecule has 0 amide bonds. The van der Waals surface area contributed by atoms with E-state index in [0.717, 1.165) is 6.42 Å². The number of benzene rings is 1. The molecule has 1 unspecified atom stereocenters. The highest BCUT2D eigenvalue weighted by Gasteiger charge is 2.05. The van der Waals surface area contributed by atoms with Gasteiger partial charge in [-0.15, -0.1) is 0 Å². The van der Waals surface area contributed by atoms with Crippen LogP contribution in [0, 0.1) is 17.2 Å². The van der Waals surface area contributed by atoms with E-state index >= 15 is 0 Å². The first-order chi connectivity index (χ1) is 8.61. The Balaban J connectivity index is 2.23. The van der Waals surface area contributed by atoms with Crippen LogP contribution in [-0.4, -0.2) is 19.3 Å². The second-order valence-corrected chi connectivity index (χ2v) is 4.80. The van der Waals surface area contributed by atoms with Crippen molar-refractivity contribution < 1.29 is 9.47 Å². The molecule has 0 aliphatic heterocycles. The second-order valence-electron chi connectivity index (χ2n) is 4.80. The quantitative estimate of drug-likeness (QED) is 0.694. The van der Waals surface area contributed by atoms with Crippen molar-refractivity contribution in [1.82, 2.24) is 0 Å². The molecule has 0 bridgehead atoms. The van der Waals surface area contributed by atoms with Gasteiger partial charge < -0.3 is 9.47 Å². The average molecular weight is 247 g/mol. The van der Waals surface area contributed by atoms with Crippen molar-refractivity contribution in [3.63, 3.8) is 0 Å². The van der Waals surface area contributed by atoms with Crippen LogP contribution in [0.25, 0.3) is 0 Å². The highest BCUT2D eigenvalue weighted by atomic mass is 16.5. The first kappa shape index (κ1) is 14.5. The molecule has 3 nitrogen and oxygen atoms in total. The molecule has 0 aliphatic carbocycles. The Bertz CT molecular complexity index is 396. The second kappa shape index (κ2) is 7.73. The van der Waals surface area contributed by atoms with Crippen LogP contribution in [0.4, 0.5) is 0 Å². The van der Waals surface area contributed by atoms with Gasteiger partial charge in [0.2, 0.25) is 0 Å². The number of hydrogen-bond donors (Lipinski definition) is 0. The van der Waals surface area contributed by atoms with Gasteiger partial charge in [-0.2, -0.15) is 5.26 Å². The predicted molar refractivity (Wildman–Crippen MR) is 71.5 cm³/mol. The molecule has 98 valence electrons. The van der Waals surface area contributed by atoms with E-state index < -0.39 is 0 Å². The van der Waals surface area contributed by atoms with Gasteiger partial charge in [-0.25, -0.2) is 0 Å². The minimum atomic E-state index is 0.263. The van der Waals surface area contributed by atoms with Crippen molar-refractivity contribution in [3.05, 3.63) is 29.8 Å². The molecule has 0 saturated carbocycles. The maximum Gasteiger partial charge on any atom is 0.120 e. The van der Waals surface area contributed by atoms with Gasteiger partial charge in [0.25, 0.3) is 0 Å². The van der Waals surface area contributed by atoms with Crippen LogP contribution < -0.4 is 4.74 Å². The summed E-state index contributed by atoms with van der Waals surface area (Å²) in [4.78, 5) is 0. The third kappa shape index (κ3) is 5.70. The van der Waals surface area contributed by atoms with E-state index in [-0.39, 0.29) is 6.10 Å². The Morgan fingerprint density at radius 1 is 1.22 bits per heavy atom. The molecule has 3 heteroatoms. The van der Waals surface area contributed by atoms with Gasteiger partial charge in [0.1, 0.15) is 12.4 Å². The van der Waals surface area contributed by atoms with E-state index in [4.69, 9.17) is 14.7 Å². The van der Waals surface area contributed by atoms with Gasteiger partial charge in [-0.3, -0.25) is 0 Å². The van der Waals surface area contributed by atoms with Gasteiger partial charge in [-0.05, 0) is 37.5 Å². The summed E-state index contributed by atoms with van der Waals surface area (Å²) in [6.45, 7) is 7.53. The van der Waals surface area contributed by atoms with E-state index in [1.165, 1.54) is 0 Å². The lowest BCUT2D eigenvalue weighted by Gasteiger charge is -2.15. The van der Waals surface area contributed by atoms with Gasteiger partial charge in [0.15, 0.2) is 0 Å². The molecule has 0 radical (unpaired) electrons. The van der Waals surface area contributed by atoms with Gasteiger partial charge in [-0.1, -0.05) is 19.9 Å². The summed E-state index contributed by atoms with van der Waals surface area (Å²) in [5.41, 5.74) is 0.613. The lowest BCUT2D eigenvalue weighted by atomic mass is 10.1. The largest absolute Gasteiger partial charge is 0.491 e. The fourth-order valence-corrected chi connectivity index (χ4v) is 1.80. The van der Waals surface area contributed by atoms with E-state index in [2.05, 4.69) is 26.8 Å². The van der Waals surface area contributed by atoms with Crippen LogP contribution in [0.5, 0.6) is 5.75 Å². The first-order valence-corrected chi connectivity index (χ1v) is 6.36. The molecule has 1 aromatic carbocycles. The highest BCUT2D eigenvalue weighted by molar-refractivity contribution is 5.36. The van der Waals surface area contributed by atoms with Crippen LogP contribution in [0.1, 0.15) is 32.8 Å². The maximum absolute atomic E-state index is 8.76. The SMILES string of the molecule is CC(C)CC(C)OCCOc1cccc(C#N)c1. The molecule has 0 spiro atoms. The first-order valence-electron chi connectivity index (χ1n) is 6.36. The average Bonchev–Trinajstić information content (AvgIpc) is 2.34. The van der Waals surface area contributed by atoms with Crippen molar-refractivity contribution in [3.8, 4) is 11.8 Å². The van der Waals surface area contributed by atoms with Gasteiger partial charge in [0, 0.05) is 0 Å². The van der Waals surface area contributed by atoms with Gasteiger partial charge in [0.05, 0.1) is 24.3 Å². The van der Waals surface area contributed by atoms with Crippen molar-refractivity contribution in [2.75, 3.05) is 13.2 Å². The van der Waals surface area contributed by atoms with Crippen molar-refractivity contribution in [1.29, 1.82) is 5.26 Å². The molecule has 0 fully saturated rings. The molecule has 0 aromatic heterocycles. The molecular formula is C15H21NO2. The van der Waals surface area contributed by atoms with Crippen LogP contribution in [0.3, 0.4) is 0 Å². The molecular weight excluding hydrogens is 226 g/mol. The summed E-state index contributed by atoms with van der Waals surface area (Å²) in [7, 11) is 0. The smallest absolute Gasteiger partial charge is 0.120 e. The summed E-state index contributed by atoms with van der Waals surface area (Å²) in [6.07, 6.45) is 1.32. The molecule has 1 rings (SSSR count). The number of nitrogens with zero attached hydrogens (tertiary/aromatic N) is 1. The Labute approximate surface area is 109 Å². The number of hydrogen-bond acceptors (Lipinski definition) is 3. The van der Waals surface area contributed by atoms with E-state index in [1.807, 2.05) is 12.1 Å². The normalized spacial score (nSPS) is 12.2. The Morgan fingerprint density at radius 3 is 2.67 bits per heavy atom. The summed E-state index contributed by atoms with van der Waals surface area (Å²) < 4.78 is 11.2. The molecule has 0 N–H and O–H groups in total. The zero-order valence-electron chi connectivity index (χ0n) is 11.3. The molecule has 1 aromatic rings. The van der Waals surface area contributed by atoms with Crippen molar-refractivity contribution in [2.45, 2.75) is 33.3 Å². The van der Waals surface area contributed by atoms with Crippen molar-refractivity contribution >= 4 is 0 Å². The predicted octanol–water partition coefficient (Wildman–Crippen LogP) is 3.39.